The summed E-state index contributed by atoms with van der Waals surface area (Å²) in [6, 6.07) is 4.79. The molecule has 1 aromatic heterocycles. The lowest BCUT2D eigenvalue weighted by Crippen LogP contribution is -2.16. The molecule has 0 fully saturated rings. The van der Waals surface area contributed by atoms with E-state index in [-0.39, 0.29) is 16.6 Å². The normalized spacial score (nSPS) is 11.8. The smallest absolute Gasteiger partial charge is 0.323 e. The SMILES string of the molecule is NNc1cccc2[nH]c(=O)cc(C(F)(F)F)c12. The van der Waals surface area contributed by atoms with Gasteiger partial charge in [0.05, 0.1) is 16.8 Å². The van der Waals surface area contributed by atoms with Gasteiger partial charge in [0.15, 0.2) is 0 Å². The average Bonchev–Trinajstić information content (AvgIpc) is 2.25. The van der Waals surface area contributed by atoms with Crippen LogP contribution >= 0.6 is 0 Å². The summed E-state index contributed by atoms with van der Waals surface area (Å²) < 4.78 is 38.4. The first-order valence-electron chi connectivity index (χ1n) is 4.63. The number of anilines is 1. The Morgan fingerprint density at radius 3 is 2.59 bits per heavy atom. The second-order valence-corrected chi connectivity index (χ2v) is 3.42. The van der Waals surface area contributed by atoms with E-state index in [1.807, 2.05) is 0 Å². The monoisotopic (exact) mass is 243 g/mol. The highest BCUT2D eigenvalue weighted by Gasteiger charge is 2.34. The standard InChI is InChI=1S/C10H8F3N3O/c11-10(12,13)5-4-8(17)15-6-2-1-3-7(16-14)9(5)6/h1-4,16H,14H2,(H,15,17). The third-order valence-electron chi connectivity index (χ3n) is 2.33. The number of nitrogens with one attached hydrogen (secondary N) is 2. The molecule has 0 atom stereocenters. The Hall–Kier alpha value is -2.02. The van der Waals surface area contributed by atoms with Crippen molar-refractivity contribution in [3.05, 3.63) is 40.2 Å². The highest BCUT2D eigenvalue weighted by atomic mass is 19.4. The minimum absolute atomic E-state index is 0.0836. The number of H-pyrrole nitrogens is 1. The van der Waals surface area contributed by atoms with Gasteiger partial charge in [-0.15, -0.1) is 0 Å². The lowest BCUT2D eigenvalue weighted by molar-refractivity contribution is -0.136. The fraction of sp³-hybridized carbons (Fsp3) is 0.100. The molecule has 0 radical (unpaired) electrons. The molecule has 17 heavy (non-hydrogen) atoms. The van der Waals surface area contributed by atoms with Crippen molar-refractivity contribution in [3.8, 4) is 0 Å². The number of hydrogen-bond donors (Lipinski definition) is 3. The van der Waals surface area contributed by atoms with E-state index in [9.17, 15) is 18.0 Å². The van der Waals surface area contributed by atoms with Gasteiger partial charge in [-0.1, -0.05) is 6.07 Å². The predicted molar refractivity (Wildman–Crippen MR) is 57.4 cm³/mol. The summed E-state index contributed by atoms with van der Waals surface area (Å²) in [5, 5.41) is -0.151. The Bertz CT molecular complexity index is 618. The van der Waals surface area contributed by atoms with Crippen LogP contribution < -0.4 is 16.8 Å². The quantitative estimate of drug-likeness (QED) is 0.528. The van der Waals surface area contributed by atoms with Crippen LogP contribution in [0.15, 0.2) is 29.1 Å². The number of pyridine rings is 1. The maximum absolute atomic E-state index is 12.8. The van der Waals surface area contributed by atoms with E-state index < -0.39 is 17.3 Å². The van der Waals surface area contributed by atoms with Crippen molar-refractivity contribution < 1.29 is 13.2 Å². The van der Waals surface area contributed by atoms with Gasteiger partial charge in [0, 0.05) is 11.5 Å². The third-order valence-corrected chi connectivity index (χ3v) is 2.33. The summed E-state index contributed by atoms with van der Waals surface area (Å²) in [5.74, 6) is 5.16. The summed E-state index contributed by atoms with van der Waals surface area (Å²) in [7, 11) is 0. The molecule has 7 heteroatoms. The summed E-state index contributed by atoms with van der Waals surface area (Å²) in [4.78, 5) is 13.5. The van der Waals surface area contributed by atoms with Crippen LogP contribution in [-0.2, 0) is 6.18 Å². The molecule has 0 aliphatic rings. The van der Waals surface area contributed by atoms with Gasteiger partial charge in [0.2, 0.25) is 5.56 Å². The lowest BCUT2D eigenvalue weighted by Gasteiger charge is -2.12. The highest BCUT2D eigenvalue weighted by molar-refractivity contribution is 5.94. The van der Waals surface area contributed by atoms with Crippen LogP contribution in [-0.4, -0.2) is 4.98 Å². The molecule has 0 saturated carbocycles. The largest absolute Gasteiger partial charge is 0.417 e. The molecular weight excluding hydrogens is 235 g/mol. The number of nitrogens with two attached hydrogens (primary N) is 1. The predicted octanol–water partition coefficient (Wildman–Crippen LogP) is 1.83. The first kappa shape index (κ1) is 11.5. The van der Waals surface area contributed by atoms with E-state index in [2.05, 4.69) is 10.4 Å². The number of aromatic amines is 1. The molecule has 0 bridgehead atoms. The number of aromatic nitrogens is 1. The highest BCUT2D eigenvalue weighted by Crippen LogP contribution is 2.36. The number of fused-ring (bicyclic) bond motifs is 1. The summed E-state index contributed by atoms with van der Waals surface area (Å²) in [6.07, 6.45) is -4.61. The zero-order valence-corrected chi connectivity index (χ0v) is 8.43. The van der Waals surface area contributed by atoms with Gasteiger partial charge in [0.25, 0.3) is 0 Å². The van der Waals surface area contributed by atoms with E-state index in [0.717, 1.165) is 0 Å². The first-order valence-corrected chi connectivity index (χ1v) is 4.63. The van der Waals surface area contributed by atoms with Gasteiger partial charge in [-0.05, 0) is 12.1 Å². The summed E-state index contributed by atoms with van der Waals surface area (Å²) in [5.41, 5.74) is 0.550. The molecule has 0 aliphatic carbocycles. The van der Waals surface area contributed by atoms with Crippen LogP contribution in [0.2, 0.25) is 0 Å². The maximum Gasteiger partial charge on any atom is 0.417 e. The van der Waals surface area contributed by atoms with E-state index in [1.54, 1.807) is 0 Å². The topological polar surface area (TPSA) is 70.9 Å². The van der Waals surface area contributed by atoms with Gasteiger partial charge in [0.1, 0.15) is 0 Å². The lowest BCUT2D eigenvalue weighted by atomic mass is 10.1. The zero-order chi connectivity index (χ0) is 12.6. The number of nitrogen functional groups attached to an aromatic ring is 1. The molecule has 2 rings (SSSR count). The Morgan fingerprint density at radius 1 is 1.29 bits per heavy atom. The van der Waals surface area contributed by atoms with Crippen LogP contribution in [0.1, 0.15) is 5.56 Å². The van der Waals surface area contributed by atoms with Gasteiger partial charge in [-0.2, -0.15) is 13.2 Å². The minimum Gasteiger partial charge on any atom is -0.323 e. The second kappa shape index (κ2) is 3.77. The van der Waals surface area contributed by atoms with Crippen molar-refractivity contribution in [2.24, 2.45) is 5.84 Å². The van der Waals surface area contributed by atoms with Crippen molar-refractivity contribution in [2.45, 2.75) is 6.18 Å². The van der Waals surface area contributed by atoms with E-state index in [0.29, 0.717) is 6.07 Å². The van der Waals surface area contributed by atoms with Crippen molar-refractivity contribution in [3.63, 3.8) is 0 Å². The Labute approximate surface area is 93.2 Å². The molecular formula is C10H8F3N3O. The van der Waals surface area contributed by atoms with Crippen LogP contribution in [0.25, 0.3) is 10.9 Å². The molecule has 4 N–H and O–H groups in total. The summed E-state index contributed by atoms with van der Waals surface area (Å²) in [6.45, 7) is 0. The summed E-state index contributed by atoms with van der Waals surface area (Å²) >= 11 is 0. The van der Waals surface area contributed by atoms with Crippen molar-refractivity contribution in [1.29, 1.82) is 0 Å². The van der Waals surface area contributed by atoms with Gasteiger partial charge in [-0.25, -0.2) is 0 Å². The van der Waals surface area contributed by atoms with Gasteiger partial charge < -0.3 is 10.4 Å². The molecule has 1 heterocycles. The molecule has 0 amide bonds. The Balaban J connectivity index is 2.95. The fourth-order valence-electron chi connectivity index (χ4n) is 1.66. The fourth-order valence-corrected chi connectivity index (χ4v) is 1.66. The van der Waals surface area contributed by atoms with Crippen LogP contribution in [0, 0.1) is 0 Å². The minimum atomic E-state index is -4.61. The van der Waals surface area contributed by atoms with Crippen LogP contribution in [0.3, 0.4) is 0 Å². The maximum atomic E-state index is 12.8. The number of halogens is 3. The Morgan fingerprint density at radius 2 is 2.00 bits per heavy atom. The Kier molecular flexibility index (Phi) is 2.55. The average molecular weight is 243 g/mol. The number of hydrogen-bond acceptors (Lipinski definition) is 3. The number of alkyl halides is 3. The molecule has 0 unspecified atom stereocenters. The van der Waals surface area contributed by atoms with Gasteiger partial charge in [-0.3, -0.25) is 10.6 Å². The zero-order valence-electron chi connectivity index (χ0n) is 8.43. The van der Waals surface area contributed by atoms with E-state index in [4.69, 9.17) is 5.84 Å². The van der Waals surface area contributed by atoms with Crippen LogP contribution in [0.4, 0.5) is 18.9 Å². The van der Waals surface area contributed by atoms with Gasteiger partial charge >= 0.3 is 6.18 Å². The van der Waals surface area contributed by atoms with E-state index >= 15 is 0 Å². The van der Waals surface area contributed by atoms with Crippen molar-refractivity contribution in [1.82, 2.24) is 4.98 Å². The number of rotatable bonds is 1. The molecule has 0 spiro atoms. The first-order chi connectivity index (χ1) is 7.93. The third kappa shape index (κ3) is 1.96. The number of hydrazine groups is 1. The van der Waals surface area contributed by atoms with Crippen LogP contribution in [0.5, 0.6) is 0 Å². The number of benzene rings is 1. The molecule has 90 valence electrons. The second-order valence-electron chi connectivity index (χ2n) is 3.42. The molecule has 0 aliphatic heterocycles. The molecule has 4 nitrogen and oxygen atoms in total. The van der Waals surface area contributed by atoms with Crippen molar-refractivity contribution >= 4 is 16.6 Å². The molecule has 2 aromatic rings. The van der Waals surface area contributed by atoms with E-state index in [1.165, 1.54) is 18.2 Å². The molecule has 1 aromatic carbocycles. The van der Waals surface area contributed by atoms with Crippen molar-refractivity contribution in [2.75, 3.05) is 5.43 Å². The molecule has 0 saturated heterocycles.